The van der Waals surface area contributed by atoms with Gasteiger partial charge in [0.2, 0.25) is 5.91 Å². The Morgan fingerprint density at radius 3 is 2.58 bits per heavy atom. The molecule has 2 aromatic carbocycles. The van der Waals surface area contributed by atoms with E-state index >= 15 is 0 Å². The summed E-state index contributed by atoms with van der Waals surface area (Å²) in [6, 6.07) is 5.97. The number of carbonyl (C=O) groups excluding carboxylic acids is 3. The number of methoxy groups -OCH3 is 1. The van der Waals surface area contributed by atoms with E-state index in [9.17, 15) is 37.7 Å². The molecule has 10 nitrogen and oxygen atoms in total. The molecule has 13 heteroatoms. The van der Waals surface area contributed by atoms with Gasteiger partial charge in [-0.15, -0.1) is 0 Å². The van der Waals surface area contributed by atoms with E-state index in [-0.39, 0.29) is 16.9 Å². The molecule has 33 heavy (non-hydrogen) atoms. The number of hydrogen-bond acceptors (Lipinski definition) is 7. The maximum atomic E-state index is 13.7. The van der Waals surface area contributed by atoms with Gasteiger partial charge in [0, 0.05) is 6.07 Å². The van der Waals surface area contributed by atoms with Crippen molar-refractivity contribution in [3.05, 3.63) is 58.1 Å². The van der Waals surface area contributed by atoms with E-state index in [0.29, 0.717) is 4.90 Å². The van der Waals surface area contributed by atoms with Gasteiger partial charge in [-0.1, -0.05) is 12.1 Å². The monoisotopic (exact) mass is 467 g/mol. The van der Waals surface area contributed by atoms with Gasteiger partial charge in [0.05, 0.1) is 35.4 Å². The molecule has 3 rings (SSSR count). The van der Waals surface area contributed by atoms with Gasteiger partial charge < -0.3 is 14.8 Å². The predicted molar refractivity (Wildman–Crippen MR) is 107 cm³/mol. The molecule has 1 N–H and O–H groups in total. The Labute approximate surface area is 184 Å². The number of rotatable bonds is 5. The Hall–Kier alpha value is -4.16. The first-order chi connectivity index (χ1) is 15.5. The van der Waals surface area contributed by atoms with Crippen LogP contribution in [0.5, 0.6) is 5.75 Å². The number of benzene rings is 2. The van der Waals surface area contributed by atoms with Gasteiger partial charge in [0.1, 0.15) is 6.04 Å². The molecule has 2 aromatic rings. The Morgan fingerprint density at radius 1 is 1.24 bits per heavy atom. The first kappa shape index (κ1) is 23.5. The maximum Gasteiger partial charge on any atom is 0.409 e. The lowest BCUT2D eigenvalue weighted by molar-refractivity contribution is -0.385. The van der Waals surface area contributed by atoms with Crippen LogP contribution in [0.15, 0.2) is 42.5 Å². The number of para-hydroxylation sites is 2. The number of amides is 2. The van der Waals surface area contributed by atoms with Crippen LogP contribution < -0.4 is 15.0 Å². The first-order valence-electron chi connectivity index (χ1n) is 9.30. The topological polar surface area (TPSA) is 128 Å². The molecule has 0 radical (unpaired) electrons. The molecular formula is C20H16F3N3O7. The summed E-state index contributed by atoms with van der Waals surface area (Å²) in [7, 11) is 1.08. The van der Waals surface area contributed by atoms with Crippen LogP contribution in [-0.4, -0.2) is 48.6 Å². The van der Waals surface area contributed by atoms with Crippen LogP contribution in [0, 0.1) is 10.1 Å². The Morgan fingerprint density at radius 2 is 1.94 bits per heavy atom. The number of nitrogens with zero attached hydrogens (tertiary/aromatic N) is 2. The zero-order chi connectivity index (χ0) is 24.3. The van der Waals surface area contributed by atoms with E-state index in [2.05, 4.69) is 10.1 Å². The van der Waals surface area contributed by atoms with Crippen LogP contribution >= 0.6 is 0 Å². The van der Waals surface area contributed by atoms with Crippen LogP contribution in [0.1, 0.15) is 16.8 Å². The molecule has 1 heterocycles. The van der Waals surface area contributed by atoms with E-state index in [4.69, 9.17) is 4.74 Å². The standard InChI is InChI=1S/C20H16F3N3O7/c1-32-19(29)11-6-7-15(14(8-11)26(30)31)33-10-18(28)25-13-5-3-2-4-12(13)24-17(27)9-16(25)20(21,22)23/h2-8,16H,9-10H2,1H3,(H,24,27). The second kappa shape index (κ2) is 9.14. The smallest absolute Gasteiger partial charge is 0.409 e. The molecular weight excluding hydrogens is 451 g/mol. The highest BCUT2D eigenvalue weighted by Crippen LogP contribution is 2.38. The van der Waals surface area contributed by atoms with Crippen molar-refractivity contribution in [3.63, 3.8) is 0 Å². The normalized spacial score (nSPS) is 15.7. The molecule has 0 saturated carbocycles. The summed E-state index contributed by atoms with van der Waals surface area (Å²) >= 11 is 0. The molecule has 0 aliphatic carbocycles. The SMILES string of the molecule is COC(=O)c1ccc(OCC(=O)N2c3ccccc3NC(=O)CC2C(F)(F)F)c([N+](=O)[O-])c1. The Kier molecular flexibility index (Phi) is 6.51. The van der Waals surface area contributed by atoms with Crippen molar-refractivity contribution in [1.29, 1.82) is 0 Å². The summed E-state index contributed by atoms with van der Waals surface area (Å²) in [5, 5.41) is 13.7. The van der Waals surface area contributed by atoms with E-state index in [1.54, 1.807) is 0 Å². The molecule has 0 bridgehead atoms. The van der Waals surface area contributed by atoms with Gasteiger partial charge in [-0.2, -0.15) is 13.2 Å². The largest absolute Gasteiger partial charge is 0.477 e. The molecule has 1 unspecified atom stereocenters. The van der Waals surface area contributed by atoms with Crippen molar-refractivity contribution in [1.82, 2.24) is 0 Å². The average molecular weight is 467 g/mol. The van der Waals surface area contributed by atoms with E-state index in [1.807, 2.05) is 0 Å². The molecule has 0 fully saturated rings. The summed E-state index contributed by atoms with van der Waals surface area (Å²) in [6.07, 6.45) is -5.99. The Bertz CT molecular complexity index is 1120. The minimum absolute atomic E-state index is 0.00369. The number of ether oxygens (including phenoxy) is 2. The molecule has 174 valence electrons. The zero-order valence-electron chi connectivity index (χ0n) is 16.9. The molecule has 1 aliphatic rings. The Balaban J connectivity index is 1.93. The van der Waals surface area contributed by atoms with Crippen molar-refractivity contribution < 1.29 is 42.0 Å². The van der Waals surface area contributed by atoms with Crippen LogP contribution in [0.25, 0.3) is 0 Å². The fraction of sp³-hybridized carbons (Fsp3) is 0.250. The van der Waals surface area contributed by atoms with Gasteiger partial charge in [-0.3, -0.25) is 24.6 Å². The van der Waals surface area contributed by atoms with Gasteiger partial charge in [0.15, 0.2) is 12.4 Å². The van der Waals surface area contributed by atoms with Crippen molar-refractivity contribution >= 4 is 34.8 Å². The second-order valence-corrected chi connectivity index (χ2v) is 6.81. The molecule has 0 spiro atoms. The summed E-state index contributed by atoms with van der Waals surface area (Å²) in [6.45, 7) is -1.01. The third kappa shape index (κ3) is 5.02. The minimum atomic E-state index is -4.95. The number of alkyl halides is 3. The summed E-state index contributed by atoms with van der Waals surface area (Å²) in [5.74, 6) is -3.42. The fourth-order valence-electron chi connectivity index (χ4n) is 3.23. The highest BCUT2D eigenvalue weighted by molar-refractivity contribution is 6.05. The first-order valence-corrected chi connectivity index (χ1v) is 9.30. The number of nitrogens with one attached hydrogen (secondary N) is 1. The summed E-state index contributed by atoms with van der Waals surface area (Å²) in [5.41, 5.74) is -1.05. The second-order valence-electron chi connectivity index (χ2n) is 6.81. The lowest BCUT2D eigenvalue weighted by Crippen LogP contribution is -2.51. The van der Waals surface area contributed by atoms with Crippen LogP contribution in [0.4, 0.5) is 30.2 Å². The number of nitro groups is 1. The number of esters is 1. The summed E-state index contributed by atoms with van der Waals surface area (Å²) in [4.78, 5) is 47.3. The number of anilines is 2. The molecule has 1 atom stereocenters. The molecule has 0 saturated heterocycles. The van der Waals surface area contributed by atoms with E-state index < -0.39 is 59.4 Å². The summed E-state index contributed by atoms with van der Waals surface area (Å²) < 4.78 is 50.9. The van der Waals surface area contributed by atoms with Crippen molar-refractivity contribution in [2.45, 2.75) is 18.6 Å². The van der Waals surface area contributed by atoms with Crippen LogP contribution in [0.3, 0.4) is 0 Å². The minimum Gasteiger partial charge on any atom is -0.477 e. The zero-order valence-corrected chi connectivity index (χ0v) is 16.9. The molecule has 2 amide bonds. The van der Waals surface area contributed by atoms with Crippen LogP contribution in [-0.2, 0) is 14.3 Å². The predicted octanol–water partition coefficient (Wildman–Crippen LogP) is 3.07. The maximum absolute atomic E-state index is 13.7. The number of nitro benzene ring substituents is 1. The van der Waals surface area contributed by atoms with Gasteiger partial charge >= 0.3 is 17.8 Å². The van der Waals surface area contributed by atoms with Gasteiger partial charge in [-0.05, 0) is 24.3 Å². The van der Waals surface area contributed by atoms with Gasteiger partial charge in [0.25, 0.3) is 5.91 Å². The number of halogens is 3. The highest BCUT2D eigenvalue weighted by atomic mass is 19.4. The van der Waals surface area contributed by atoms with Gasteiger partial charge in [-0.25, -0.2) is 4.79 Å². The lowest BCUT2D eigenvalue weighted by atomic mass is 10.1. The molecule has 0 aromatic heterocycles. The van der Waals surface area contributed by atoms with Crippen molar-refractivity contribution in [2.75, 3.05) is 23.9 Å². The number of hydrogen-bond donors (Lipinski definition) is 1. The average Bonchev–Trinajstić information content (AvgIpc) is 2.92. The van der Waals surface area contributed by atoms with E-state index in [0.717, 1.165) is 25.3 Å². The third-order valence-electron chi connectivity index (χ3n) is 4.70. The van der Waals surface area contributed by atoms with Crippen LogP contribution in [0.2, 0.25) is 0 Å². The third-order valence-corrected chi connectivity index (χ3v) is 4.70. The fourth-order valence-corrected chi connectivity index (χ4v) is 3.23. The van der Waals surface area contributed by atoms with Crippen molar-refractivity contribution in [3.8, 4) is 5.75 Å². The molecule has 1 aliphatic heterocycles. The van der Waals surface area contributed by atoms with Crippen molar-refractivity contribution in [2.24, 2.45) is 0 Å². The highest BCUT2D eigenvalue weighted by Gasteiger charge is 2.49. The number of carbonyl (C=O) groups is 3. The van der Waals surface area contributed by atoms with E-state index in [1.165, 1.54) is 24.3 Å². The lowest BCUT2D eigenvalue weighted by Gasteiger charge is -2.31. The number of fused-ring (bicyclic) bond motifs is 1. The quantitative estimate of drug-likeness (QED) is 0.407.